The van der Waals surface area contributed by atoms with Crippen molar-refractivity contribution in [3.8, 4) is 0 Å². The number of hydrogen-bond donors (Lipinski definition) is 1. The Kier molecular flexibility index (Phi) is 4.05. The largest absolute Gasteiger partial charge is 0.393 e. The summed E-state index contributed by atoms with van der Waals surface area (Å²) in [6, 6.07) is 0. The average Bonchev–Trinajstić information content (AvgIpc) is 2.36. The highest BCUT2D eigenvalue weighted by Crippen LogP contribution is 2.34. The van der Waals surface area contributed by atoms with Gasteiger partial charge < -0.3 is 10.0 Å². The molecule has 2 heterocycles. The van der Waals surface area contributed by atoms with Gasteiger partial charge in [0.25, 0.3) is 5.69 Å². The number of aliphatic hydroxyl groups is 1. The molecule has 0 bridgehead atoms. The smallest absolute Gasteiger partial charge is 0.291 e. The number of pyridine rings is 1. The zero-order valence-electron chi connectivity index (χ0n) is 10.8. The second-order valence-corrected chi connectivity index (χ2v) is 5.74. The first-order valence-corrected chi connectivity index (χ1v) is 6.93. The maximum Gasteiger partial charge on any atom is 0.291 e. The topological polar surface area (TPSA) is 79.5 Å². The van der Waals surface area contributed by atoms with Crippen LogP contribution in [0, 0.1) is 23.0 Å². The van der Waals surface area contributed by atoms with Gasteiger partial charge in [0.2, 0.25) is 0 Å². The summed E-state index contributed by atoms with van der Waals surface area (Å²) in [5, 5.41) is 20.6. The lowest BCUT2D eigenvalue weighted by Gasteiger charge is -2.35. The number of aliphatic hydroxyl groups excluding tert-OH is 1. The summed E-state index contributed by atoms with van der Waals surface area (Å²) in [5.41, 5.74) is 0.592. The van der Waals surface area contributed by atoms with Gasteiger partial charge in [0.1, 0.15) is 12.0 Å². The van der Waals surface area contributed by atoms with Crippen molar-refractivity contribution >= 4 is 27.4 Å². The second-order valence-electron chi connectivity index (χ2n) is 4.94. The molecule has 0 spiro atoms. The van der Waals surface area contributed by atoms with Crippen LogP contribution in [0.4, 0.5) is 11.5 Å². The molecule has 2 atom stereocenters. The molecule has 7 heteroatoms. The van der Waals surface area contributed by atoms with Gasteiger partial charge in [-0.05, 0) is 35.2 Å². The molecule has 1 N–H and O–H groups in total. The van der Waals surface area contributed by atoms with E-state index >= 15 is 0 Å². The van der Waals surface area contributed by atoms with Crippen LogP contribution in [-0.4, -0.2) is 34.2 Å². The van der Waals surface area contributed by atoms with Gasteiger partial charge in [0.05, 0.1) is 15.5 Å². The number of nitro groups is 1. The number of halogens is 1. The van der Waals surface area contributed by atoms with Crippen LogP contribution < -0.4 is 4.90 Å². The van der Waals surface area contributed by atoms with Gasteiger partial charge in [-0.15, -0.1) is 0 Å². The third kappa shape index (κ3) is 2.71. The summed E-state index contributed by atoms with van der Waals surface area (Å²) in [5.74, 6) is 0.875. The number of nitrogens with zero attached hydrogens (tertiary/aromatic N) is 3. The predicted molar refractivity (Wildman–Crippen MR) is 75.3 cm³/mol. The second kappa shape index (κ2) is 5.42. The van der Waals surface area contributed by atoms with Crippen molar-refractivity contribution in [1.29, 1.82) is 0 Å². The van der Waals surface area contributed by atoms with Crippen LogP contribution in [0.5, 0.6) is 0 Å². The highest BCUT2D eigenvalue weighted by Gasteiger charge is 2.27. The monoisotopic (exact) mass is 329 g/mol. The third-order valence-corrected chi connectivity index (χ3v) is 4.52. The lowest BCUT2D eigenvalue weighted by atomic mass is 9.97. The zero-order chi connectivity index (χ0) is 14.2. The van der Waals surface area contributed by atoms with Crippen LogP contribution in [0.3, 0.4) is 0 Å². The van der Waals surface area contributed by atoms with E-state index in [1.165, 1.54) is 6.20 Å². The van der Waals surface area contributed by atoms with E-state index in [0.717, 1.165) is 0 Å². The Bertz CT molecular complexity index is 509. The van der Waals surface area contributed by atoms with Crippen molar-refractivity contribution in [3.63, 3.8) is 0 Å². The Balaban J connectivity index is 2.31. The normalized spacial score (nSPS) is 23.5. The van der Waals surface area contributed by atoms with E-state index < -0.39 is 4.92 Å². The van der Waals surface area contributed by atoms with Crippen LogP contribution in [-0.2, 0) is 0 Å². The first-order valence-electron chi connectivity index (χ1n) is 6.14. The molecule has 2 rings (SSSR count). The van der Waals surface area contributed by atoms with Crippen molar-refractivity contribution in [3.05, 3.63) is 26.3 Å². The number of anilines is 1. The third-order valence-electron chi connectivity index (χ3n) is 3.58. The number of rotatable bonds is 2. The molecule has 2 unspecified atom stereocenters. The fourth-order valence-corrected chi connectivity index (χ4v) is 2.84. The number of piperidine rings is 1. The molecule has 1 aromatic rings. The summed E-state index contributed by atoms with van der Waals surface area (Å²) in [6.07, 6.45) is 1.70. The van der Waals surface area contributed by atoms with Crippen molar-refractivity contribution in [2.24, 2.45) is 5.92 Å². The van der Waals surface area contributed by atoms with Gasteiger partial charge >= 0.3 is 0 Å². The Morgan fingerprint density at radius 3 is 2.89 bits per heavy atom. The number of aromatic nitrogens is 1. The molecule has 1 fully saturated rings. The van der Waals surface area contributed by atoms with Gasteiger partial charge in [-0.25, -0.2) is 4.98 Å². The Hall–Kier alpha value is -1.21. The standard InChI is InChI=1S/C12H16BrN3O3/c1-7-6-15(4-3-10(7)17)12-11(13)8(2)9(5-14-12)16(18)19/h5,7,10,17H,3-4,6H2,1-2H3. The quantitative estimate of drug-likeness (QED) is 0.665. The average molecular weight is 330 g/mol. The summed E-state index contributed by atoms with van der Waals surface area (Å²) in [6.45, 7) is 5.09. The predicted octanol–water partition coefficient (Wildman–Crippen LogP) is 2.27. The Labute approximate surface area is 119 Å². The van der Waals surface area contributed by atoms with Gasteiger partial charge in [-0.1, -0.05) is 6.92 Å². The number of hydrogen-bond acceptors (Lipinski definition) is 5. The summed E-state index contributed by atoms with van der Waals surface area (Å²) < 4.78 is 0.658. The molecule has 0 aliphatic carbocycles. The molecule has 6 nitrogen and oxygen atoms in total. The van der Waals surface area contributed by atoms with E-state index in [-0.39, 0.29) is 17.7 Å². The van der Waals surface area contributed by atoms with Crippen LogP contribution in [0.25, 0.3) is 0 Å². The SMILES string of the molecule is Cc1c([N+](=O)[O-])cnc(N2CCC(O)C(C)C2)c1Br. The fourth-order valence-electron chi connectivity index (χ4n) is 2.29. The molecule has 1 aliphatic heterocycles. The van der Waals surface area contributed by atoms with E-state index in [2.05, 4.69) is 25.8 Å². The molecule has 0 saturated carbocycles. The van der Waals surface area contributed by atoms with Gasteiger partial charge in [-0.3, -0.25) is 10.1 Å². The van der Waals surface area contributed by atoms with Crippen LogP contribution in [0.1, 0.15) is 18.9 Å². The molecule has 104 valence electrons. The summed E-state index contributed by atoms with van der Waals surface area (Å²) >= 11 is 3.40. The molecular weight excluding hydrogens is 314 g/mol. The van der Waals surface area contributed by atoms with Gasteiger partial charge in [0.15, 0.2) is 0 Å². The molecule has 0 aromatic carbocycles. The van der Waals surface area contributed by atoms with E-state index in [1.54, 1.807) is 6.92 Å². The molecule has 1 aliphatic rings. The van der Waals surface area contributed by atoms with Crippen LogP contribution >= 0.6 is 15.9 Å². The summed E-state index contributed by atoms with van der Waals surface area (Å²) in [4.78, 5) is 16.7. The molecule has 0 amide bonds. The van der Waals surface area contributed by atoms with Crippen molar-refractivity contribution < 1.29 is 10.0 Å². The summed E-state index contributed by atoms with van der Waals surface area (Å²) in [7, 11) is 0. The minimum atomic E-state index is -0.431. The van der Waals surface area contributed by atoms with E-state index in [1.807, 2.05) is 6.92 Å². The molecular formula is C12H16BrN3O3. The first-order chi connectivity index (χ1) is 8.91. The maximum atomic E-state index is 10.9. The Morgan fingerprint density at radius 1 is 1.63 bits per heavy atom. The first kappa shape index (κ1) is 14.2. The molecule has 1 aromatic heterocycles. The van der Waals surface area contributed by atoms with Crippen LogP contribution in [0.15, 0.2) is 10.7 Å². The lowest BCUT2D eigenvalue weighted by molar-refractivity contribution is -0.385. The highest BCUT2D eigenvalue weighted by atomic mass is 79.9. The van der Waals surface area contributed by atoms with Crippen molar-refractivity contribution in [1.82, 2.24) is 4.98 Å². The minimum absolute atomic E-state index is 0.0146. The maximum absolute atomic E-state index is 10.9. The van der Waals surface area contributed by atoms with E-state index in [0.29, 0.717) is 35.4 Å². The van der Waals surface area contributed by atoms with E-state index in [9.17, 15) is 15.2 Å². The molecule has 1 saturated heterocycles. The van der Waals surface area contributed by atoms with Gasteiger partial charge in [0, 0.05) is 18.7 Å². The van der Waals surface area contributed by atoms with Gasteiger partial charge in [-0.2, -0.15) is 0 Å². The fraction of sp³-hybridized carbons (Fsp3) is 0.583. The Morgan fingerprint density at radius 2 is 2.32 bits per heavy atom. The van der Waals surface area contributed by atoms with E-state index in [4.69, 9.17) is 0 Å². The lowest BCUT2D eigenvalue weighted by Crippen LogP contribution is -2.42. The van der Waals surface area contributed by atoms with Crippen molar-refractivity contribution in [2.45, 2.75) is 26.4 Å². The zero-order valence-corrected chi connectivity index (χ0v) is 12.4. The molecule has 19 heavy (non-hydrogen) atoms. The molecule has 0 radical (unpaired) electrons. The van der Waals surface area contributed by atoms with Crippen molar-refractivity contribution in [2.75, 3.05) is 18.0 Å². The minimum Gasteiger partial charge on any atom is -0.393 e. The van der Waals surface area contributed by atoms with Crippen LogP contribution in [0.2, 0.25) is 0 Å². The highest BCUT2D eigenvalue weighted by molar-refractivity contribution is 9.10.